The smallest absolute Gasteiger partial charge is 0.191 e. The summed E-state index contributed by atoms with van der Waals surface area (Å²) in [5, 5.41) is 10.1. The minimum absolute atomic E-state index is 0.247. The quantitative estimate of drug-likeness (QED) is 0.839. The molecule has 0 amide bonds. The molecule has 0 fully saturated rings. The zero-order chi connectivity index (χ0) is 14.5. The lowest BCUT2D eigenvalue weighted by atomic mass is 9.96. The summed E-state index contributed by atoms with van der Waals surface area (Å²) in [7, 11) is 0. The van der Waals surface area contributed by atoms with Crippen LogP contribution in [0.1, 0.15) is 27.9 Å². The Morgan fingerprint density at radius 2 is 1.65 bits per heavy atom. The van der Waals surface area contributed by atoms with Gasteiger partial charge < -0.3 is 5.11 Å². The summed E-state index contributed by atoms with van der Waals surface area (Å²) in [5.41, 5.74) is 3.33. The fourth-order valence-electron chi connectivity index (χ4n) is 2.03. The lowest BCUT2D eigenvalue weighted by molar-refractivity contribution is 0.0757. The summed E-state index contributed by atoms with van der Waals surface area (Å²) < 4.78 is 0. The first-order valence-corrected chi connectivity index (χ1v) is 6.60. The Morgan fingerprint density at radius 1 is 1.05 bits per heavy atom. The second-order valence-corrected chi connectivity index (χ2v) is 4.92. The molecule has 0 aliphatic heterocycles. The van der Waals surface area contributed by atoms with Gasteiger partial charge in [-0.25, -0.2) is 0 Å². The molecule has 0 aliphatic carbocycles. The number of benzene rings is 2. The molecule has 0 radical (unpaired) electrons. The van der Waals surface area contributed by atoms with Gasteiger partial charge in [0.15, 0.2) is 5.78 Å². The number of rotatable bonds is 5. The first kappa shape index (κ1) is 14.2. The number of aliphatic hydroxyl groups is 1. The molecule has 0 saturated heterocycles. The maximum atomic E-state index is 12.1. The van der Waals surface area contributed by atoms with Crippen LogP contribution in [-0.4, -0.2) is 17.0 Å². The normalized spacial score (nSPS) is 11.9. The number of Topliss-reactive ketones (excluding diaryl/α,β-unsaturated/α-hetero) is 1. The Balaban J connectivity index is 2.05. The molecule has 1 N–H and O–H groups in total. The zero-order valence-corrected chi connectivity index (χ0v) is 11.5. The Labute approximate surface area is 119 Å². The van der Waals surface area contributed by atoms with Crippen LogP contribution in [0.25, 0.3) is 5.57 Å². The van der Waals surface area contributed by atoms with Crippen LogP contribution in [0.15, 0.2) is 61.2 Å². The van der Waals surface area contributed by atoms with Crippen LogP contribution in [0, 0.1) is 6.92 Å². The summed E-state index contributed by atoms with van der Waals surface area (Å²) in [5.74, 6) is -0.262. The SMILES string of the molecule is C=C(C[C@H](O)C(=O)c1ccc(C)cc1)c1ccccc1. The summed E-state index contributed by atoms with van der Waals surface area (Å²) in [4.78, 5) is 12.1. The summed E-state index contributed by atoms with van der Waals surface area (Å²) in [6.45, 7) is 5.90. The summed E-state index contributed by atoms with van der Waals surface area (Å²) in [6.07, 6.45) is -0.804. The maximum absolute atomic E-state index is 12.1. The van der Waals surface area contributed by atoms with Crippen molar-refractivity contribution >= 4 is 11.4 Å². The van der Waals surface area contributed by atoms with Crippen LogP contribution in [0.2, 0.25) is 0 Å². The molecule has 20 heavy (non-hydrogen) atoms. The van der Waals surface area contributed by atoms with Crippen LogP contribution in [0.3, 0.4) is 0 Å². The highest BCUT2D eigenvalue weighted by Crippen LogP contribution is 2.19. The highest BCUT2D eigenvalue weighted by Gasteiger charge is 2.18. The van der Waals surface area contributed by atoms with E-state index in [-0.39, 0.29) is 12.2 Å². The van der Waals surface area contributed by atoms with Gasteiger partial charge in [0.1, 0.15) is 6.10 Å². The van der Waals surface area contributed by atoms with Gasteiger partial charge >= 0.3 is 0 Å². The third-order valence-electron chi connectivity index (χ3n) is 3.26. The van der Waals surface area contributed by atoms with E-state index in [4.69, 9.17) is 0 Å². The van der Waals surface area contributed by atoms with Crippen molar-refractivity contribution in [3.63, 3.8) is 0 Å². The van der Waals surface area contributed by atoms with Gasteiger partial charge in [-0.1, -0.05) is 66.7 Å². The second-order valence-electron chi connectivity index (χ2n) is 4.92. The van der Waals surface area contributed by atoms with Crippen LogP contribution in [-0.2, 0) is 0 Å². The maximum Gasteiger partial charge on any atom is 0.191 e. The molecular formula is C18H18O2. The molecule has 0 aromatic heterocycles. The van der Waals surface area contributed by atoms with Crippen molar-refractivity contribution in [3.05, 3.63) is 77.9 Å². The van der Waals surface area contributed by atoms with E-state index in [1.807, 2.05) is 49.4 Å². The van der Waals surface area contributed by atoms with Crippen LogP contribution >= 0.6 is 0 Å². The number of carbonyl (C=O) groups is 1. The molecule has 2 nitrogen and oxygen atoms in total. The molecule has 0 unspecified atom stereocenters. The zero-order valence-electron chi connectivity index (χ0n) is 11.5. The highest BCUT2D eigenvalue weighted by molar-refractivity contribution is 6.00. The lowest BCUT2D eigenvalue weighted by Gasteiger charge is -2.12. The van der Waals surface area contributed by atoms with E-state index in [9.17, 15) is 9.90 Å². The van der Waals surface area contributed by atoms with Crippen molar-refractivity contribution in [2.45, 2.75) is 19.4 Å². The molecule has 102 valence electrons. The molecule has 0 heterocycles. The fourth-order valence-corrected chi connectivity index (χ4v) is 2.03. The standard InChI is InChI=1S/C18H18O2/c1-13-8-10-16(11-9-13)18(20)17(19)12-14(2)15-6-4-3-5-7-15/h3-11,17,19H,2,12H2,1H3/t17-/m0/s1. The van der Waals surface area contributed by atoms with E-state index in [1.165, 1.54) is 0 Å². The fraction of sp³-hybridized carbons (Fsp3) is 0.167. The van der Waals surface area contributed by atoms with Crippen LogP contribution < -0.4 is 0 Å². The molecule has 1 atom stereocenters. The molecule has 0 spiro atoms. The van der Waals surface area contributed by atoms with Crippen LogP contribution in [0.5, 0.6) is 0 Å². The highest BCUT2D eigenvalue weighted by atomic mass is 16.3. The van der Waals surface area contributed by atoms with Gasteiger partial charge in [-0.3, -0.25) is 4.79 Å². The average molecular weight is 266 g/mol. The molecule has 0 saturated carbocycles. The summed E-state index contributed by atoms with van der Waals surface area (Å²) >= 11 is 0. The molecule has 2 aromatic rings. The third kappa shape index (κ3) is 3.43. The average Bonchev–Trinajstić information content (AvgIpc) is 2.48. The number of hydrogen-bond acceptors (Lipinski definition) is 2. The van der Waals surface area contributed by atoms with Gasteiger partial charge in [0, 0.05) is 12.0 Å². The predicted molar refractivity (Wildman–Crippen MR) is 81.6 cm³/mol. The van der Waals surface area contributed by atoms with Gasteiger partial charge in [0.25, 0.3) is 0 Å². The Hall–Kier alpha value is -2.19. The largest absolute Gasteiger partial charge is 0.385 e. The predicted octanol–water partition coefficient (Wildman–Crippen LogP) is 3.64. The topological polar surface area (TPSA) is 37.3 Å². The van der Waals surface area contributed by atoms with Crippen molar-refractivity contribution in [1.29, 1.82) is 0 Å². The van der Waals surface area contributed by atoms with Crippen LogP contribution in [0.4, 0.5) is 0 Å². The van der Waals surface area contributed by atoms with Crippen molar-refractivity contribution in [2.24, 2.45) is 0 Å². The minimum Gasteiger partial charge on any atom is -0.385 e. The Bertz CT molecular complexity index is 597. The van der Waals surface area contributed by atoms with E-state index in [1.54, 1.807) is 12.1 Å². The molecule has 2 rings (SSSR count). The molecule has 0 aliphatic rings. The monoisotopic (exact) mass is 266 g/mol. The minimum atomic E-state index is -1.05. The van der Waals surface area contributed by atoms with Crippen molar-refractivity contribution in [3.8, 4) is 0 Å². The first-order chi connectivity index (χ1) is 9.58. The Kier molecular flexibility index (Phi) is 4.49. The van der Waals surface area contributed by atoms with Gasteiger partial charge in [-0.15, -0.1) is 0 Å². The van der Waals surface area contributed by atoms with Gasteiger partial charge in [-0.2, -0.15) is 0 Å². The molecule has 2 heteroatoms. The third-order valence-corrected chi connectivity index (χ3v) is 3.26. The van der Waals surface area contributed by atoms with Crippen molar-refractivity contribution < 1.29 is 9.90 Å². The number of aliphatic hydroxyl groups excluding tert-OH is 1. The van der Waals surface area contributed by atoms with Crippen molar-refractivity contribution in [2.75, 3.05) is 0 Å². The van der Waals surface area contributed by atoms with Gasteiger partial charge in [0.05, 0.1) is 0 Å². The molecule has 0 bridgehead atoms. The van der Waals surface area contributed by atoms with Gasteiger partial charge in [-0.05, 0) is 18.1 Å². The van der Waals surface area contributed by atoms with E-state index >= 15 is 0 Å². The number of ketones is 1. The number of carbonyl (C=O) groups excluding carboxylic acids is 1. The number of aryl methyl sites for hydroxylation is 1. The van der Waals surface area contributed by atoms with E-state index in [2.05, 4.69) is 6.58 Å². The summed E-state index contributed by atoms with van der Waals surface area (Å²) in [6, 6.07) is 16.8. The van der Waals surface area contributed by atoms with Gasteiger partial charge in [0.2, 0.25) is 0 Å². The number of hydrogen-bond donors (Lipinski definition) is 1. The van der Waals surface area contributed by atoms with E-state index in [0.717, 1.165) is 16.7 Å². The second kappa shape index (κ2) is 6.31. The molecule has 2 aromatic carbocycles. The lowest BCUT2D eigenvalue weighted by Crippen LogP contribution is -2.20. The van der Waals surface area contributed by atoms with E-state index < -0.39 is 6.10 Å². The Morgan fingerprint density at radius 3 is 2.25 bits per heavy atom. The van der Waals surface area contributed by atoms with Crippen molar-refractivity contribution in [1.82, 2.24) is 0 Å². The van der Waals surface area contributed by atoms with E-state index in [0.29, 0.717) is 5.56 Å². The molecular weight excluding hydrogens is 248 g/mol. The first-order valence-electron chi connectivity index (χ1n) is 6.60.